The molecule has 1 fully saturated rings. The van der Waals surface area contributed by atoms with Gasteiger partial charge in [-0.2, -0.15) is 0 Å². The third-order valence-electron chi connectivity index (χ3n) is 2.79. The Labute approximate surface area is 136 Å². The molecule has 1 saturated heterocycles. The van der Waals surface area contributed by atoms with Crippen molar-refractivity contribution in [3.8, 4) is 0 Å². The highest BCUT2D eigenvalue weighted by Crippen LogP contribution is 2.09. The Morgan fingerprint density at radius 2 is 2.00 bits per heavy atom. The number of halogens is 2. The molecule has 0 spiro atoms. The van der Waals surface area contributed by atoms with E-state index in [4.69, 9.17) is 0 Å². The maximum Gasteiger partial charge on any atom is 0.238 e. The largest absolute Gasteiger partial charge is 0.385 e. The maximum atomic E-state index is 11.7. The van der Waals surface area contributed by atoms with Crippen LogP contribution in [-0.2, 0) is 4.79 Å². The van der Waals surface area contributed by atoms with Gasteiger partial charge in [-0.1, -0.05) is 18.2 Å². The molecule has 0 bridgehead atoms. The number of para-hydroxylation sites is 1. The van der Waals surface area contributed by atoms with Crippen LogP contribution in [0.1, 0.15) is 6.42 Å². The van der Waals surface area contributed by atoms with Crippen LogP contribution < -0.4 is 16.0 Å². The van der Waals surface area contributed by atoms with Crippen molar-refractivity contribution in [1.29, 1.82) is 0 Å². The van der Waals surface area contributed by atoms with Gasteiger partial charge in [0.25, 0.3) is 0 Å². The number of hydrogen-bond acceptors (Lipinski definition) is 4. The van der Waals surface area contributed by atoms with E-state index >= 15 is 0 Å². The second kappa shape index (κ2) is 11.1. The lowest BCUT2D eigenvalue weighted by Crippen LogP contribution is -2.42. The van der Waals surface area contributed by atoms with Gasteiger partial charge in [-0.15, -0.1) is 36.6 Å². The zero-order valence-corrected chi connectivity index (χ0v) is 13.6. The molecule has 1 unspecified atom stereocenters. The molecule has 1 amide bonds. The molecule has 1 aliphatic rings. The molecule has 1 aromatic carbocycles. The quantitative estimate of drug-likeness (QED) is 0.696. The summed E-state index contributed by atoms with van der Waals surface area (Å²) in [5.74, 6) is 1.89. The fourth-order valence-electron chi connectivity index (χ4n) is 1.78. The molecule has 1 atom stereocenters. The van der Waals surface area contributed by atoms with Crippen molar-refractivity contribution in [2.24, 2.45) is 0 Å². The molecule has 0 saturated carbocycles. The second-order valence-corrected chi connectivity index (χ2v) is 5.24. The van der Waals surface area contributed by atoms with Crippen molar-refractivity contribution in [3.05, 3.63) is 30.3 Å². The molecule has 4 nitrogen and oxygen atoms in total. The van der Waals surface area contributed by atoms with Crippen LogP contribution in [0.4, 0.5) is 5.69 Å². The minimum absolute atomic E-state index is 0. The lowest BCUT2D eigenvalue weighted by molar-refractivity contribution is -0.122. The first-order valence-corrected chi connectivity index (χ1v) is 7.39. The van der Waals surface area contributed by atoms with Crippen molar-refractivity contribution in [2.75, 3.05) is 30.0 Å². The van der Waals surface area contributed by atoms with E-state index in [-0.39, 0.29) is 36.8 Å². The zero-order chi connectivity index (χ0) is 12.6. The van der Waals surface area contributed by atoms with E-state index in [9.17, 15) is 4.79 Å². The fourth-order valence-corrected chi connectivity index (χ4v) is 2.72. The SMILES string of the molecule is Cl.Cl.O=C(NCCCNc1ccccc1)C1CSCN1. The third-order valence-corrected chi connectivity index (χ3v) is 3.73. The van der Waals surface area contributed by atoms with Gasteiger partial charge >= 0.3 is 0 Å². The summed E-state index contributed by atoms with van der Waals surface area (Å²) in [5, 5.41) is 9.43. The number of benzene rings is 1. The van der Waals surface area contributed by atoms with Gasteiger partial charge in [-0.05, 0) is 18.6 Å². The van der Waals surface area contributed by atoms with Crippen LogP contribution in [0.3, 0.4) is 0 Å². The van der Waals surface area contributed by atoms with Crippen molar-refractivity contribution >= 4 is 48.2 Å². The second-order valence-electron chi connectivity index (χ2n) is 4.21. The van der Waals surface area contributed by atoms with Crippen LogP contribution >= 0.6 is 36.6 Å². The lowest BCUT2D eigenvalue weighted by atomic mass is 10.3. The summed E-state index contributed by atoms with van der Waals surface area (Å²) in [6.07, 6.45) is 0.931. The standard InChI is InChI=1S/C13H19N3OS.2ClH/c17-13(12-9-18-10-16-12)15-8-4-7-14-11-5-2-1-3-6-11;;/h1-3,5-6,12,14,16H,4,7-10H2,(H,15,17);2*1H. The minimum atomic E-state index is -0.00270. The van der Waals surface area contributed by atoms with Gasteiger partial charge < -0.3 is 10.6 Å². The summed E-state index contributed by atoms with van der Waals surface area (Å²) in [6, 6.07) is 10.1. The highest BCUT2D eigenvalue weighted by atomic mass is 35.5. The highest BCUT2D eigenvalue weighted by Gasteiger charge is 2.21. The number of hydrogen-bond donors (Lipinski definition) is 3. The Morgan fingerprint density at radius 3 is 2.65 bits per heavy atom. The van der Waals surface area contributed by atoms with Crippen LogP contribution in [-0.4, -0.2) is 36.7 Å². The Balaban J connectivity index is 0.00000180. The Morgan fingerprint density at radius 1 is 1.25 bits per heavy atom. The first kappa shape index (κ1) is 19.4. The number of carbonyl (C=O) groups excluding carboxylic acids is 1. The molecule has 2 rings (SSSR count). The van der Waals surface area contributed by atoms with Gasteiger partial charge in [0.1, 0.15) is 0 Å². The molecule has 1 aromatic rings. The topological polar surface area (TPSA) is 53.2 Å². The van der Waals surface area contributed by atoms with E-state index in [1.807, 2.05) is 30.3 Å². The number of thioether (sulfide) groups is 1. The molecule has 3 N–H and O–H groups in total. The van der Waals surface area contributed by atoms with Crippen LogP contribution in [0.2, 0.25) is 0 Å². The Kier molecular flexibility index (Phi) is 10.7. The van der Waals surface area contributed by atoms with Crippen LogP contribution in [0.15, 0.2) is 30.3 Å². The van der Waals surface area contributed by atoms with Crippen LogP contribution in [0.25, 0.3) is 0 Å². The van der Waals surface area contributed by atoms with E-state index in [0.717, 1.165) is 36.8 Å². The molecule has 0 radical (unpaired) electrons. The smallest absolute Gasteiger partial charge is 0.238 e. The summed E-state index contributed by atoms with van der Waals surface area (Å²) in [6.45, 7) is 1.60. The van der Waals surface area contributed by atoms with Gasteiger partial charge in [0.15, 0.2) is 0 Å². The number of carbonyl (C=O) groups is 1. The molecule has 7 heteroatoms. The average Bonchev–Trinajstić information content (AvgIpc) is 2.93. The molecule has 20 heavy (non-hydrogen) atoms. The van der Waals surface area contributed by atoms with Gasteiger partial charge in [-0.25, -0.2) is 0 Å². The fraction of sp³-hybridized carbons (Fsp3) is 0.462. The monoisotopic (exact) mass is 337 g/mol. The van der Waals surface area contributed by atoms with E-state index in [2.05, 4.69) is 16.0 Å². The van der Waals surface area contributed by atoms with E-state index in [1.54, 1.807) is 11.8 Å². The summed E-state index contributed by atoms with van der Waals surface area (Å²) in [5.41, 5.74) is 1.12. The molecular formula is C13H21Cl2N3OS. The van der Waals surface area contributed by atoms with Crippen LogP contribution in [0, 0.1) is 0 Å². The van der Waals surface area contributed by atoms with Gasteiger partial charge in [0.05, 0.1) is 6.04 Å². The van der Waals surface area contributed by atoms with Gasteiger partial charge in [0.2, 0.25) is 5.91 Å². The predicted octanol–water partition coefficient (Wildman–Crippen LogP) is 2.11. The highest BCUT2D eigenvalue weighted by molar-refractivity contribution is 7.99. The molecule has 114 valence electrons. The summed E-state index contributed by atoms with van der Waals surface area (Å²) < 4.78 is 0. The van der Waals surface area contributed by atoms with Gasteiger partial charge in [-0.3, -0.25) is 10.1 Å². The first-order valence-electron chi connectivity index (χ1n) is 6.24. The predicted molar refractivity (Wildman–Crippen MR) is 91.3 cm³/mol. The van der Waals surface area contributed by atoms with E-state index < -0.39 is 0 Å². The summed E-state index contributed by atoms with van der Waals surface area (Å²) in [4.78, 5) is 11.7. The molecule has 1 heterocycles. The number of amides is 1. The average molecular weight is 338 g/mol. The zero-order valence-electron chi connectivity index (χ0n) is 11.1. The normalized spacial score (nSPS) is 16.7. The third kappa shape index (κ3) is 6.70. The van der Waals surface area contributed by atoms with Gasteiger partial charge in [0, 0.05) is 30.4 Å². The van der Waals surface area contributed by atoms with Crippen molar-refractivity contribution in [1.82, 2.24) is 10.6 Å². The summed E-state index contributed by atoms with van der Waals surface area (Å²) >= 11 is 1.77. The Bertz CT molecular complexity index is 375. The maximum absolute atomic E-state index is 11.7. The van der Waals surface area contributed by atoms with E-state index in [0.29, 0.717) is 0 Å². The van der Waals surface area contributed by atoms with Crippen molar-refractivity contribution < 1.29 is 4.79 Å². The summed E-state index contributed by atoms with van der Waals surface area (Å²) in [7, 11) is 0. The molecule has 0 aromatic heterocycles. The molecular weight excluding hydrogens is 317 g/mol. The van der Waals surface area contributed by atoms with Crippen molar-refractivity contribution in [2.45, 2.75) is 12.5 Å². The number of anilines is 1. The minimum Gasteiger partial charge on any atom is -0.385 e. The lowest BCUT2D eigenvalue weighted by Gasteiger charge is -2.11. The molecule has 0 aliphatic carbocycles. The van der Waals surface area contributed by atoms with Crippen molar-refractivity contribution in [3.63, 3.8) is 0 Å². The number of rotatable bonds is 6. The van der Waals surface area contributed by atoms with E-state index in [1.165, 1.54) is 0 Å². The number of nitrogens with one attached hydrogen (secondary N) is 3. The first-order chi connectivity index (χ1) is 8.86. The van der Waals surface area contributed by atoms with Crippen LogP contribution in [0.5, 0.6) is 0 Å². The molecule has 1 aliphatic heterocycles. The Hall–Kier alpha value is -0.620.